The number of carbonyl (C=O) groups is 1. The van der Waals surface area contributed by atoms with Gasteiger partial charge in [0, 0.05) is 14.5 Å². The van der Waals surface area contributed by atoms with Gasteiger partial charge in [0.25, 0.3) is 5.91 Å². The lowest BCUT2D eigenvalue weighted by molar-refractivity contribution is 0.0934. The van der Waals surface area contributed by atoms with Crippen LogP contribution in [-0.4, -0.2) is 21.0 Å². The van der Waals surface area contributed by atoms with Gasteiger partial charge in [-0.05, 0) is 71.8 Å². The minimum atomic E-state index is -1.84. The molecule has 3 N–H and O–H groups in total. The predicted molar refractivity (Wildman–Crippen MR) is 129 cm³/mol. The topological polar surface area (TPSA) is 53.2 Å². The highest BCUT2D eigenvalue weighted by Crippen LogP contribution is 2.31. The molecule has 2 aromatic rings. The number of carbonyl (C=O) groups excluding carboxylic acids is 1. The Hall–Kier alpha value is -0.570. The largest absolute Gasteiger partial charge is 0.339 e. The first-order chi connectivity index (χ1) is 13.0. The average Bonchev–Trinajstić information content (AvgIpc) is 2.57. The van der Waals surface area contributed by atoms with E-state index in [0.717, 1.165) is 25.8 Å². The summed E-state index contributed by atoms with van der Waals surface area (Å²) in [6.07, 6.45) is -1.05. The molecule has 0 saturated heterocycles. The Morgan fingerprint density at radius 1 is 1.07 bits per heavy atom. The molecule has 2 aromatic carbocycles. The van der Waals surface area contributed by atoms with E-state index < -0.39 is 15.9 Å². The van der Waals surface area contributed by atoms with Gasteiger partial charge in [-0.1, -0.05) is 68.4 Å². The quantitative estimate of drug-likeness (QED) is 0.225. The van der Waals surface area contributed by atoms with Gasteiger partial charge in [-0.2, -0.15) is 0 Å². The molecule has 0 unspecified atom stereocenters. The van der Waals surface area contributed by atoms with Crippen molar-refractivity contribution in [1.82, 2.24) is 10.6 Å². The highest BCUT2D eigenvalue weighted by molar-refractivity contribution is 9.11. The Balaban J connectivity index is 2.13. The highest BCUT2D eigenvalue weighted by Gasteiger charge is 2.35. The number of amides is 1. The fourth-order valence-electron chi connectivity index (χ4n) is 2.26. The van der Waals surface area contributed by atoms with Crippen molar-refractivity contribution in [2.24, 2.45) is 0 Å². The summed E-state index contributed by atoms with van der Waals surface area (Å²) in [5, 5.41) is 8.74. The van der Waals surface area contributed by atoms with Gasteiger partial charge in [-0.3, -0.25) is 4.79 Å². The molecule has 0 spiro atoms. The van der Waals surface area contributed by atoms with Crippen molar-refractivity contribution < 1.29 is 4.79 Å². The molecule has 1 atom stereocenters. The van der Waals surface area contributed by atoms with E-state index in [-0.39, 0.29) is 5.11 Å². The fraction of sp³-hybridized carbons (Fsp3) is 0.222. The lowest BCUT2D eigenvalue weighted by atomic mass is 10.1. The normalized spacial score (nSPS) is 12.2. The number of aryl methyl sites for hydroxylation is 2. The molecule has 150 valence electrons. The summed E-state index contributed by atoms with van der Waals surface area (Å²) in [6, 6.07) is 10.8. The van der Waals surface area contributed by atoms with E-state index in [1.54, 1.807) is 12.1 Å². The molecule has 10 heteroatoms. The summed E-state index contributed by atoms with van der Waals surface area (Å²) in [5.41, 5.74) is 3.18. The zero-order valence-electron chi connectivity index (χ0n) is 14.7. The molecular weight excluding hydrogens is 572 g/mol. The van der Waals surface area contributed by atoms with Crippen LogP contribution in [0.5, 0.6) is 0 Å². The Kier molecular flexibility index (Phi) is 8.43. The number of thiocarbonyl (C=S) groups is 1. The smallest absolute Gasteiger partial charge is 0.252 e. The number of rotatable bonds is 4. The zero-order valence-corrected chi connectivity index (χ0v) is 21.0. The Bertz CT molecular complexity index is 866. The SMILES string of the molecule is Cc1ccc(C(=O)N[C@H](NC(=S)Nc2c(C)cc(Br)cc2Br)C(Cl)(Cl)Cl)cc1. The third kappa shape index (κ3) is 6.75. The van der Waals surface area contributed by atoms with Gasteiger partial charge in [0.15, 0.2) is 5.11 Å². The lowest BCUT2D eigenvalue weighted by Crippen LogP contribution is -2.56. The van der Waals surface area contributed by atoms with E-state index in [1.165, 1.54) is 0 Å². The molecule has 0 bridgehead atoms. The summed E-state index contributed by atoms with van der Waals surface area (Å²) in [4.78, 5) is 12.5. The summed E-state index contributed by atoms with van der Waals surface area (Å²) >= 11 is 30.4. The zero-order chi connectivity index (χ0) is 21.1. The maximum Gasteiger partial charge on any atom is 0.252 e. The molecular formula is C18H16Br2Cl3N3OS. The molecule has 0 aliphatic heterocycles. The molecule has 2 rings (SSSR count). The molecule has 0 radical (unpaired) electrons. The van der Waals surface area contributed by atoms with Gasteiger partial charge in [0.1, 0.15) is 6.17 Å². The molecule has 4 nitrogen and oxygen atoms in total. The van der Waals surface area contributed by atoms with Crippen LogP contribution in [-0.2, 0) is 0 Å². The van der Waals surface area contributed by atoms with E-state index in [4.69, 9.17) is 47.0 Å². The standard InChI is InChI=1S/C18H16Br2Cl3N3OS/c1-9-3-5-11(6-4-9)15(27)25-16(18(21,22)23)26-17(28)24-14-10(2)7-12(19)8-13(14)20/h3-8,16H,1-2H3,(H,25,27)(H2,24,26,28)/t16-/m1/s1. The van der Waals surface area contributed by atoms with Crippen LogP contribution in [0.4, 0.5) is 5.69 Å². The van der Waals surface area contributed by atoms with Crippen LogP contribution in [0, 0.1) is 13.8 Å². The first-order valence-corrected chi connectivity index (χ1v) is 11.1. The predicted octanol–water partition coefficient (Wildman–Crippen LogP) is 6.24. The van der Waals surface area contributed by atoms with Gasteiger partial charge in [-0.15, -0.1) is 0 Å². The number of alkyl halides is 3. The van der Waals surface area contributed by atoms with E-state index in [2.05, 4.69) is 47.8 Å². The van der Waals surface area contributed by atoms with Crippen molar-refractivity contribution in [3.8, 4) is 0 Å². The molecule has 0 aliphatic rings. The van der Waals surface area contributed by atoms with E-state index in [0.29, 0.717) is 5.56 Å². The maximum atomic E-state index is 12.5. The molecule has 1 amide bonds. The molecule has 0 aliphatic carbocycles. The van der Waals surface area contributed by atoms with Crippen molar-refractivity contribution >= 4 is 95.6 Å². The number of hydrogen-bond donors (Lipinski definition) is 3. The van der Waals surface area contributed by atoms with Crippen molar-refractivity contribution in [2.75, 3.05) is 5.32 Å². The van der Waals surface area contributed by atoms with Crippen molar-refractivity contribution in [2.45, 2.75) is 23.8 Å². The second-order valence-corrected chi connectivity index (χ2v) is 10.5. The summed E-state index contributed by atoms with van der Waals surface area (Å²) < 4.78 is -0.110. The third-order valence-corrected chi connectivity index (χ3v) is 5.64. The van der Waals surface area contributed by atoms with Crippen LogP contribution in [0.15, 0.2) is 45.3 Å². The first-order valence-electron chi connectivity index (χ1n) is 7.95. The number of halogens is 5. The molecule has 0 saturated carbocycles. The van der Waals surface area contributed by atoms with Crippen LogP contribution >= 0.6 is 78.9 Å². The van der Waals surface area contributed by atoms with Gasteiger partial charge >= 0.3 is 0 Å². The summed E-state index contributed by atoms with van der Waals surface area (Å²) in [7, 11) is 0. The van der Waals surface area contributed by atoms with Crippen LogP contribution < -0.4 is 16.0 Å². The Labute approximate surface area is 200 Å². The van der Waals surface area contributed by atoms with Crippen molar-refractivity contribution in [1.29, 1.82) is 0 Å². The minimum absolute atomic E-state index is 0.187. The average molecular weight is 589 g/mol. The molecule has 0 aromatic heterocycles. The van der Waals surface area contributed by atoms with Gasteiger partial charge < -0.3 is 16.0 Å². The van der Waals surface area contributed by atoms with Crippen molar-refractivity contribution in [3.63, 3.8) is 0 Å². The number of benzene rings is 2. The second kappa shape index (κ2) is 9.96. The van der Waals surface area contributed by atoms with Crippen LogP contribution in [0.3, 0.4) is 0 Å². The van der Waals surface area contributed by atoms with Crippen LogP contribution in [0.1, 0.15) is 21.5 Å². The molecule has 0 heterocycles. The van der Waals surface area contributed by atoms with Crippen LogP contribution in [0.2, 0.25) is 0 Å². The summed E-state index contributed by atoms with van der Waals surface area (Å²) in [6.45, 7) is 3.85. The highest BCUT2D eigenvalue weighted by atomic mass is 79.9. The third-order valence-electron chi connectivity index (χ3n) is 3.68. The first kappa shape index (κ1) is 23.7. The Morgan fingerprint density at radius 2 is 1.68 bits per heavy atom. The van der Waals surface area contributed by atoms with Gasteiger partial charge in [-0.25, -0.2) is 0 Å². The second-order valence-electron chi connectivity index (χ2n) is 5.99. The Morgan fingerprint density at radius 3 is 2.21 bits per heavy atom. The molecule has 0 fully saturated rings. The van der Waals surface area contributed by atoms with Gasteiger partial charge in [0.05, 0.1) is 5.69 Å². The lowest BCUT2D eigenvalue weighted by Gasteiger charge is -2.28. The maximum absolute atomic E-state index is 12.5. The van der Waals surface area contributed by atoms with E-state index >= 15 is 0 Å². The monoisotopic (exact) mass is 585 g/mol. The number of hydrogen-bond acceptors (Lipinski definition) is 2. The van der Waals surface area contributed by atoms with Gasteiger partial charge in [0.2, 0.25) is 3.79 Å². The minimum Gasteiger partial charge on any atom is -0.339 e. The van der Waals surface area contributed by atoms with E-state index in [9.17, 15) is 4.79 Å². The number of nitrogens with one attached hydrogen (secondary N) is 3. The van der Waals surface area contributed by atoms with E-state index in [1.807, 2.05) is 38.1 Å². The van der Waals surface area contributed by atoms with Crippen LogP contribution in [0.25, 0.3) is 0 Å². The summed E-state index contributed by atoms with van der Waals surface area (Å²) in [5.74, 6) is -0.396. The van der Waals surface area contributed by atoms with Crippen molar-refractivity contribution in [3.05, 3.63) is 62.0 Å². The number of anilines is 1. The fourth-order valence-corrected chi connectivity index (χ4v) is 4.35. The molecule has 28 heavy (non-hydrogen) atoms.